The third-order valence-corrected chi connectivity index (χ3v) is 8.67. The Balaban J connectivity index is 1.49. The first-order valence-corrected chi connectivity index (χ1v) is 13.6. The van der Waals surface area contributed by atoms with E-state index in [2.05, 4.69) is 5.32 Å². The number of sulfonamides is 1. The summed E-state index contributed by atoms with van der Waals surface area (Å²) in [6, 6.07) is 10.8. The van der Waals surface area contributed by atoms with Crippen molar-refractivity contribution in [1.29, 1.82) is 0 Å². The summed E-state index contributed by atoms with van der Waals surface area (Å²) < 4.78 is 39.8. The molecule has 0 aromatic heterocycles. The van der Waals surface area contributed by atoms with E-state index in [-0.39, 0.29) is 41.9 Å². The van der Waals surface area contributed by atoms with Gasteiger partial charge in [0.15, 0.2) is 0 Å². The maximum atomic E-state index is 13.4. The second-order valence-corrected chi connectivity index (χ2v) is 11.1. The van der Waals surface area contributed by atoms with Crippen LogP contribution < -0.4 is 5.32 Å². The summed E-state index contributed by atoms with van der Waals surface area (Å²) in [6.07, 6.45) is 4.70. The van der Waals surface area contributed by atoms with Gasteiger partial charge in [0, 0.05) is 25.6 Å². The minimum atomic E-state index is -4.04. The maximum Gasteiger partial charge on any atom is 0.269 e. The number of amides is 3. The normalized spacial score (nSPS) is 17.9. The molecule has 1 N–H and O–H groups in total. The van der Waals surface area contributed by atoms with E-state index < -0.39 is 33.7 Å². The maximum absolute atomic E-state index is 13.4. The zero-order valence-corrected chi connectivity index (χ0v) is 21.0. The molecule has 1 aliphatic heterocycles. The SMILES string of the molecule is CC(C(=O)NC1CCCCC1)N(Cc1ccc(F)cc1)C(=O)CCN1C(=O)c2ccccc2S1(=O)=O. The van der Waals surface area contributed by atoms with Gasteiger partial charge < -0.3 is 10.2 Å². The Labute approximate surface area is 210 Å². The molecule has 1 atom stereocenters. The summed E-state index contributed by atoms with van der Waals surface area (Å²) in [5.41, 5.74) is 0.702. The minimum Gasteiger partial charge on any atom is -0.352 e. The predicted molar refractivity (Wildman–Crippen MR) is 131 cm³/mol. The molecule has 8 nitrogen and oxygen atoms in total. The number of carbonyl (C=O) groups is 3. The molecule has 0 saturated heterocycles. The van der Waals surface area contributed by atoms with Crippen molar-refractivity contribution in [1.82, 2.24) is 14.5 Å². The minimum absolute atomic E-state index is 0.0410. The first-order valence-electron chi connectivity index (χ1n) is 12.2. The summed E-state index contributed by atoms with van der Waals surface area (Å²) >= 11 is 0. The van der Waals surface area contributed by atoms with Gasteiger partial charge in [-0.25, -0.2) is 17.1 Å². The number of carbonyl (C=O) groups excluding carboxylic acids is 3. The molecule has 0 bridgehead atoms. The zero-order chi connectivity index (χ0) is 25.9. The summed E-state index contributed by atoms with van der Waals surface area (Å²) in [5.74, 6) is -1.87. The summed E-state index contributed by atoms with van der Waals surface area (Å²) in [6.45, 7) is 1.32. The van der Waals surface area contributed by atoms with Gasteiger partial charge in [0.25, 0.3) is 15.9 Å². The Bertz CT molecular complexity index is 1240. The van der Waals surface area contributed by atoms with Gasteiger partial charge >= 0.3 is 0 Å². The van der Waals surface area contributed by atoms with E-state index in [4.69, 9.17) is 0 Å². The highest BCUT2D eigenvalue weighted by Gasteiger charge is 2.41. The van der Waals surface area contributed by atoms with Gasteiger partial charge in [-0.2, -0.15) is 0 Å². The van der Waals surface area contributed by atoms with Crippen LogP contribution in [-0.4, -0.2) is 54.0 Å². The van der Waals surface area contributed by atoms with Gasteiger partial charge in [-0.3, -0.25) is 14.4 Å². The Morgan fingerprint density at radius 2 is 1.75 bits per heavy atom. The van der Waals surface area contributed by atoms with E-state index in [1.54, 1.807) is 13.0 Å². The standard InChI is InChI=1S/C26H30FN3O5S/c1-18(25(32)28-21-7-3-2-4-8-21)29(17-19-11-13-20(27)14-12-19)24(31)15-16-30-26(33)22-9-5-6-10-23(22)36(30,34)35/h5-6,9-14,18,21H,2-4,7-8,15-17H2,1H3,(H,28,32). The van der Waals surface area contributed by atoms with Crippen LogP contribution in [-0.2, 0) is 26.2 Å². The Kier molecular flexibility index (Phi) is 7.73. The van der Waals surface area contributed by atoms with Gasteiger partial charge in [-0.05, 0) is 49.6 Å². The first kappa shape index (κ1) is 25.8. The molecule has 1 unspecified atom stereocenters. The lowest BCUT2D eigenvalue weighted by Gasteiger charge is -2.31. The molecule has 0 radical (unpaired) electrons. The molecular weight excluding hydrogens is 485 g/mol. The molecule has 1 fully saturated rings. The fourth-order valence-electron chi connectivity index (χ4n) is 4.73. The van der Waals surface area contributed by atoms with Crippen molar-refractivity contribution in [2.45, 2.75) is 69.0 Å². The van der Waals surface area contributed by atoms with Crippen LogP contribution in [0, 0.1) is 5.82 Å². The van der Waals surface area contributed by atoms with Crippen molar-refractivity contribution in [3.8, 4) is 0 Å². The fraction of sp³-hybridized carbons (Fsp3) is 0.423. The van der Waals surface area contributed by atoms with Crippen molar-refractivity contribution in [2.75, 3.05) is 6.54 Å². The third kappa shape index (κ3) is 5.43. The van der Waals surface area contributed by atoms with E-state index in [1.165, 1.54) is 47.4 Å². The van der Waals surface area contributed by atoms with Crippen molar-refractivity contribution in [3.63, 3.8) is 0 Å². The van der Waals surface area contributed by atoms with Crippen LogP contribution in [0.15, 0.2) is 53.4 Å². The molecule has 192 valence electrons. The van der Waals surface area contributed by atoms with Crippen molar-refractivity contribution < 1.29 is 27.2 Å². The lowest BCUT2D eigenvalue weighted by Crippen LogP contribution is -2.50. The quantitative estimate of drug-likeness (QED) is 0.581. The number of fused-ring (bicyclic) bond motifs is 1. The van der Waals surface area contributed by atoms with E-state index in [9.17, 15) is 27.2 Å². The number of nitrogens with one attached hydrogen (secondary N) is 1. The van der Waals surface area contributed by atoms with Crippen molar-refractivity contribution in [3.05, 3.63) is 65.5 Å². The topological polar surface area (TPSA) is 104 Å². The molecule has 2 aromatic carbocycles. The molecule has 1 aliphatic carbocycles. The largest absolute Gasteiger partial charge is 0.352 e. The average Bonchev–Trinajstić information content (AvgIpc) is 3.07. The highest BCUT2D eigenvalue weighted by atomic mass is 32.2. The second-order valence-electron chi connectivity index (χ2n) is 9.30. The second kappa shape index (κ2) is 10.8. The molecule has 0 spiro atoms. The van der Waals surface area contributed by atoms with Crippen molar-refractivity contribution >= 4 is 27.7 Å². The number of benzene rings is 2. The molecule has 1 saturated carbocycles. The average molecular weight is 516 g/mol. The Morgan fingerprint density at radius 3 is 2.42 bits per heavy atom. The summed E-state index contributed by atoms with van der Waals surface area (Å²) in [4.78, 5) is 40.4. The van der Waals surface area contributed by atoms with Gasteiger partial charge in [0.2, 0.25) is 11.8 Å². The number of rotatable bonds is 8. The van der Waals surface area contributed by atoms with Gasteiger partial charge in [-0.15, -0.1) is 0 Å². The Morgan fingerprint density at radius 1 is 1.08 bits per heavy atom. The van der Waals surface area contributed by atoms with Crippen LogP contribution in [0.25, 0.3) is 0 Å². The fourth-order valence-corrected chi connectivity index (χ4v) is 6.30. The monoisotopic (exact) mass is 515 g/mol. The lowest BCUT2D eigenvalue weighted by atomic mass is 9.95. The van der Waals surface area contributed by atoms with Crippen LogP contribution in [0.2, 0.25) is 0 Å². The molecule has 36 heavy (non-hydrogen) atoms. The summed E-state index contributed by atoms with van der Waals surface area (Å²) in [7, 11) is -4.04. The van der Waals surface area contributed by atoms with Crippen LogP contribution in [0.5, 0.6) is 0 Å². The van der Waals surface area contributed by atoms with Crippen LogP contribution >= 0.6 is 0 Å². The third-order valence-electron chi connectivity index (χ3n) is 6.83. The highest BCUT2D eigenvalue weighted by Crippen LogP contribution is 2.30. The Hall–Kier alpha value is -3.27. The highest BCUT2D eigenvalue weighted by molar-refractivity contribution is 7.90. The van der Waals surface area contributed by atoms with Crippen LogP contribution in [0.3, 0.4) is 0 Å². The molecule has 2 aliphatic rings. The van der Waals surface area contributed by atoms with Gasteiger partial charge in [0.1, 0.15) is 16.8 Å². The summed E-state index contributed by atoms with van der Waals surface area (Å²) in [5, 5.41) is 3.02. The number of halogens is 1. The molecule has 4 rings (SSSR count). The zero-order valence-electron chi connectivity index (χ0n) is 20.2. The van der Waals surface area contributed by atoms with E-state index in [1.807, 2.05) is 0 Å². The van der Waals surface area contributed by atoms with Crippen LogP contribution in [0.4, 0.5) is 4.39 Å². The van der Waals surface area contributed by atoms with Gasteiger partial charge in [-0.1, -0.05) is 43.5 Å². The molecule has 3 amide bonds. The molecular formula is C26H30FN3O5S. The number of hydrogen-bond acceptors (Lipinski definition) is 5. The van der Waals surface area contributed by atoms with Gasteiger partial charge in [0.05, 0.1) is 5.56 Å². The van der Waals surface area contributed by atoms with E-state index >= 15 is 0 Å². The van der Waals surface area contributed by atoms with E-state index in [0.717, 1.165) is 32.1 Å². The molecule has 1 heterocycles. The molecule has 2 aromatic rings. The predicted octanol–water partition coefficient (Wildman–Crippen LogP) is 3.23. The molecule has 10 heteroatoms. The first-order chi connectivity index (χ1) is 17.2. The van der Waals surface area contributed by atoms with E-state index in [0.29, 0.717) is 9.87 Å². The number of nitrogens with zero attached hydrogens (tertiary/aromatic N) is 2. The van der Waals surface area contributed by atoms with Crippen LogP contribution in [0.1, 0.15) is 61.4 Å². The smallest absolute Gasteiger partial charge is 0.269 e. The van der Waals surface area contributed by atoms with Crippen molar-refractivity contribution in [2.24, 2.45) is 0 Å². The number of hydrogen-bond donors (Lipinski definition) is 1. The lowest BCUT2D eigenvalue weighted by molar-refractivity contribution is -0.141.